The number of amides is 1. The number of nitrogens with zero attached hydrogens (tertiary/aromatic N) is 7. The van der Waals surface area contributed by atoms with Crippen molar-refractivity contribution in [1.29, 1.82) is 15.8 Å². The van der Waals surface area contributed by atoms with Crippen molar-refractivity contribution in [3.63, 3.8) is 0 Å². The third kappa shape index (κ3) is 46.6. The molecule has 7 fully saturated rings. The van der Waals surface area contributed by atoms with Gasteiger partial charge in [-0.15, -0.1) is 0 Å². The van der Waals surface area contributed by atoms with Crippen molar-refractivity contribution in [3.05, 3.63) is 153 Å². The number of piperidine rings is 3. The van der Waals surface area contributed by atoms with Crippen LogP contribution in [0.4, 0.5) is 32.1 Å². The molecule has 1 aromatic heterocycles. The number of ether oxygens (including phenoxy) is 1. The highest BCUT2D eigenvalue weighted by molar-refractivity contribution is 9.09. The lowest BCUT2D eigenvalue weighted by Crippen LogP contribution is -2.43. The number of alkyl halides is 1. The summed E-state index contributed by atoms with van der Waals surface area (Å²) in [6.07, 6.45) is 19.9. The molecular weight excluding hydrogens is 1320 g/mol. The normalized spacial score (nSPS) is 15.2. The largest absolute Gasteiger partial charge is 0.444 e. The second kappa shape index (κ2) is 56.7. The number of piperazine rings is 1. The van der Waals surface area contributed by atoms with Crippen molar-refractivity contribution in [2.45, 2.75) is 129 Å². The van der Waals surface area contributed by atoms with E-state index >= 15 is 0 Å². The molecule has 1 amide bonds. The van der Waals surface area contributed by atoms with Gasteiger partial charge in [0.1, 0.15) is 16.3 Å². The maximum absolute atomic E-state index is 12.1. The van der Waals surface area contributed by atoms with Gasteiger partial charge in [0.15, 0.2) is 5.76 Å². The molecule has 5 heterocycles. The highest BCUT2D eigenvalue weighted by atomic mass is 79.9. The van der Waals surface area contributed by atoms with Crippen molar-refractivity contribution in [2.75, 3.05) is 120 Å². The molecule has 0 bridgehead atoms. The van der Waals surface area contributed by atoms with Crippen molar-refractivity contribution in [1.82, 2.24) is 10.6 Å². The molecule has 3 aliphatic carbocycles. The molecule has 12 rings (SSSR count). The average Bonchev–Trinajstić information content (AvgIpc) is 1.62. The van der Waals surface area contributed by atoms with Gasteiger partial charge in [-0.05, 0) is 284 Å². The molecule has 4 aliphatic heterocycles. The van der Waals surface area contributed by atoms with Crippen molar-refractivity contribution in [3.8, 4) is 18.2 Å². The Bertz CT molecular complexity index is 2770. The Labute approximate surface area is 591 Å². The van der Waals surface area contributed by atoms with Crippen LogP contribution >= 0.6 is 27.5 Å². The van der Waals surface area contributed by atoms with Crippen LogP contribution in [0.2, 0.25) is 0 Å². The summed E-state index contributed by atoms with van der Waals surface area (Å²) in [7, 11) is 4.50. The van der Waals surface area contributed by atoms with Gasteiger partial charge in [0.2, 0.25) is 0 Å². The van der Waals surface area contributed by atoms with E-state index in [0.29, 0.717) is 12.1 Å². The number of nitrogens with one attached hydrogen (secondary N) is 2. The minimum atomic E-state index is -0.849. The lowest BCUT2D eigenvalue weighted by atomic mass is 10.1. The lowest BCUT2D eigenvalue weighted by Gasteiger charge is -2.29. The molecule has 0 spiro atoms. The summed E-state index contributed by atoms with van der Waals surface area (Å²) in [5.41, 5.74) is 40.8. The maximum atomic E-state index is 12.1. The zero-order valence-corrected chi connectivity index (χ0v) is 60.7. The second-order valence-electron chi connectivity index (χ2n) is 23.6. The number of furan rings is 1. The summed E-state index contributed by atoms with van der Waals surface area (Å²) >= 11 is 8.34. The molecule has 4 saturated heterocycles. The number of primary amides is 1. The number of carbonyl (C=O) groups excluding carboxylic acids is 2. The Morgan fingerprint density at radius 1 is 0.577 bits per heavy atom. The number of hydrogen-bond acceptors (Lipinski definition) is 20. The number of nitro groups is 1. The molecule has 22 nitrogen and oxygen atoms in total. The third-order valence-electron chi connectivity index (χ3n) is 14.6. The lowest BCUT2D eigenvalue weighted by molar-refractivity contribution is -0.402. The van der Waals surface area contributed by atoms with Gasteiger partial charge in [-0.2, -0.15) is 15.8 Å². The van der Waals surface area contributed by atoms with Gasteiger partial charge in [-0.25, -0.2) is 9.18 Å². The summed E-state index contributed by atoms with van der Waals surface area (Å²) in [4.78, 5) is 36.8. The van der Waals surface area contributed by atoms with Crippen molar-refractivity contribution in [2.24, 2.45) is 57.9 Å². The van der Waals surface area contributed by atoms with Gasteiger partial charge < -0.3 is 74.6 Å². The van der Waals surface area contributed by atoms with E-state index in [2.05, 4.69) is 104 Å². The molecule has 5 aromatic rings. The fourth-order valence-electron chi connectivity index (χ4n) is 8.70. The summed E-state index contributed by atoms with van der Waals surface area (Å²) in [5.74, 6) is 1.85. The predicted molar refractivity (Wildman–Crippen MR) is 398 cm³/mol. The maximum Gasteiger partial charge on any atom is 0.433 e. The van der Waals surface area contributed by atoms with E-state index in [0.717, 1.165) is 93.4 Å². The molecule has 16 N–H and O–H groups in total. The molecular formula is C72H113BrClFN16O6. The number of nitrogens with two attached hydrogens (primary N) is 7. The van der Waals surface area contributed by atoms with E-state index < -0.39 is 27.7 Å². The van der Waals surface area contributed by atoms with Crippen LogP contribution in [0.15, 0.2) is 114 Å². The van der Waals surface area contributed by atoms with Crippen LogP contribution in [0.3, 0.4) is 0 Å². The third-order valence-corrected chi connectivity index (χ3v) is 15.7. The smallest absolute Gasteiger partial charge is 0.433 e. The van der Waals surface area contributed by atoms with Crippen LogP contribution in [0.5, 0.6) is 0 Å². The van der Waals surface area contributed by atoms with E-state index in [9.17, 15) is 24.1 Å². The Balaban J connectivity index is 0.00000107. The Hall–Kier alpha value is -7.25. The number of anilines is 3. The Kier molecular flexibility index (Phi) is 52.5. The van der Waals surface area contributed by atoms with Gasteiger partial charge >= 0.3 is 12.0 Å². The van der Waals surface area contributed by atoms with Gasteiger partial charge in [0, 0.05) is 81.3 Å². The molecule has 0 unspecified atom stereocenters. The number of nitriles is 3. The fraction of sp³-hybridized carbons (Fsp3) is 0.542. The topological polar surface area (TPSA) is 387 Å². The highest BCUT2D eigenvalue weighted by Gasteiger charge is 2.20. The second-order valence-corrected chi connectivity index (χ2v) is 24.6. The number of hydrogen-bond donors (Lipinski definition) is 9. The zero-order chi connectivity index (χ0) is 72.7. The summed E-state index contributed by atoms with van der Waals surface area (Å²) in [6.45, 7) is 19.2. The summed E-state index contributed by atoms with van der Waals surface area (Å²) in [5, 5.41) is 42.6. The zero-order valence-electron chi connectivity index (χ0n) is 58.4. The predicted octanol–water partition coefficient (Wildman–Crippen LogP) is 11.8. The first-order chi connectivity index (χ1) is 46.8. The van der Waals surface area contributed by atoms with Gasteiger partial charge in [-0.3, -0.25) is 14.9 Å². The molecule has 4 aromatic carbocycles. The van der Waals surface area contributed by atoms with E-state index in [-0.39, 0.29) is 11.6 Å². The summed E-state index contributed by atoms with van der Waals surface area (Å²) in [6, 6.07) is 38.1. The number of rotatable bonds is 9. The number of halogens is 3. The molecule has 0 atom stereocenters. The van der Waals surface area contributed by atoms with E-state index in [1.807, 2.05) is 54.6 Å². The standard InChI is InChI=1S/C12H18N2.C12H14N2.C11H13N3.C7H4FN.C5H2ClNO4.C5H11NO2.C5H11N.C4H7Br.2C4H9N.3CH5N/c2*13-10-11-4-6-12(7-5-11)14-8-2-1-3-9-14;12-9-10-1-3-11(4-2-10)14-7-5-13-6-8-14;8-7-3-1-6(5-9)2-4-7;6-5(8)3-1-2-4(11-3)7(9)10;1-5(2,3)8-4(6)7;1-2-4-6-5-3-1;3*5-3-4-1-2-4;3*1-2/h4-7H,1-3,8-10,13H2;4-7H,1-3,8-9H2;1-4,13H,5-8H2;1-4H;1-2H;1-3H3,(H2,6,7);6H,1-5H2;4H,1-3H2;2*4H,1-3,5H2;3*2H2,1H3. The van der Waals surface area contributed by atoms with Gasteiger partial charge in [0.25, 0.3) is 5.24 Å². The first kappa shape index (κ1) is 89.8. The SMILES string of the molecule is BrCC1CC1.C1CCNCC1.CC(C)(C)OC(N)=O.CN.CN.CN.N#Cc1ccc(F)cc1.N#Cc1ccc(N2CCCCC2)cc1.N#Cc1ccc(N2CCNCC2)cc1.NCC1CC1.NCC1CC1.NCc1ccc(N2CCCCC2)cc1.O=C(Cl)c1ccc([N+](=O)[O-])o1. The molecule has 97 heavy (non-hydrogen) atoms. The summed E-state index contributed by atoms with van der Waals surface area (Å²) < 4.78 is 21.1. The first-order valence-electron chi connectivity index (χ1n) is 33.6. The van der Waals surface area contributed by atoms with Crippen molar-refractivity contribution >= 4 is 61.8 Å². The Morgan fingerprint density at radius 3 is 1.15 bits per heavy atom. The van der Waals surface area contributed by atoms with Crippen LogP contribution in [-0.4, -0.2) is 127 Å². The van der Waals surface area contributed by atoms with Crippen LogP contribution in [0, 0.1) is 67.7 Å². The number of benzene rings is 4. The van der Waals surface area contributed by atoms with E-state index in [4.69, 9.17) is 50.3 Å². The number of carbonyl (C=O) groups is 2. The van der Waals surface area contributed by atoms with Gasteiger partial charge in [-0.1, -0.05) is 34.5 Å². The molecule has 7 aliphatic rings. The van der Waals surface area contributed by atoms with Crippen molar-refractivity contribution < 1.29 is 28.1 Å². The highest BCUT2D eigenvalue weighted by Crippen LogP contribution is 2.30. The van der Waals surface area contributed by atoms with Crippen LogP contribution in [0.1, 0.15) is 150 Å². The quantitative estimate of drug-likeness (QED) is 0.0286. The van der Waals surface area contributed by atoms with E-state index in [1.54, 1.807) is 20.8 Å². The molecule has 0 radical (unpaired) electrons. The Morgan fingerprint density at radius 2 is 0.928 bits per heavy atom. The minimum absolute atomic E-state index is 0.224. The molecule has 3 saturated carbocycles. The molecule has 25 heteroatoms. The first-order valence-corrected chi connectivity index (χ1v) is 35.1. The fourth-order valence-corrected chi connectivity index (χ4v) is 9.45. The van der Waals surface area contributed by atoms with Crippen LogP contribution in [0.25, 0.3) is 0 Å². The van der Waals surface area contributed by atoms with Crippen LogP contribution < -0.4 is 65.5 Å². The van der Waals surface area contributed by atoms with Crippen LogP contribution in [-0.2, 0) is 11.3 Å². The van der Waals surface area contributed by atoms with E-state index in [1.165, 1.54) is 196 Å². The minimum Gasteiger partial charge on any atom is -0.444 e. The monoisotopic (exact) mass is 1430 g/mol. The average molecular weight is 1430 g/mol. The van der Waals surface area contributed by atoms with Gasteiger partial charge in [0.05, 0.1) is 41.0 Å². The molecule has 538 valence electrons.